The van der Waals surface area contributed by atoms with Crippen LogP contribution in [0.2, 0.25) is 0 Å². The molecule has 7 heteroatoms. The van der Waals surface area contributed by atoms with Crippen LogP contribution in [0.15, 0.2) is 29.2 Å². The number of benzene rings is 1. The number of sulfonamides is 1. The molecule has 1 atom stereocenters. The Bertz CT molecular complexity index is 578. The van der Waals surface area contributed by atoms with Crippen LogP contribution in [0.25, 0.3) is 0 Å². The Morgan fingerprint density at radius 2 is 2.25 bits per heavy atom. The molecule has 110 valence electrons. The SMILES string of the molecule is O=C(O)c1cccc(S(=O)(=O)NCCC2CCOC2)c1. The van der Waals surface area contributed by atoms with Gasteiger partial charge >= 0.3 is 5.97 Å². The molecule has 1 heterocycles. The predicted octanol–water partition coefficient (Wildman–Crippen LogP) is 1.09. The zero-order chi connectivity index (χ0) is 14.6. The van der Waals surface area contributed by atoms with Crippen molar-refractivity contribution in [2.45, 2.75) is 17.7 Å². The third-order valence-electron chi connectivity index (χ3n) is 3.26. The molecule has 1 unspecified atom stereocenters. The van der Waals surface area contributed by atoms with Crippen LogP contribution in [-0.4, -0.2) is 39.3 Å². The van der Waals surface area contributed by atoms with Crippen molar-refractivity contribution in [3.63, 3.8) is 0 Å². The monoisotopic (exact) mass is 299 g/mol. The molecule has 0 saturated carbocycles. The van der Waals surface area contributed by atoms with Gasteiger partial charge in [-0.15, -0.1) is 0 Å². The van der Waals surface area contributed by atoms with Gasteiger partial charge in [0, 0.05) is 19.8 Å². The maximum Gasteiger partial charge on any atom is 0.335 e. The lowest BCUT2D eigenvalue weighted by molar-refractivity contribution is 0.0696. The van der Waals surface area contributed by atoms with Crippen LogP contribution in [0.4, 0.5) is 0 Å². The second-order valence-corrected chi connectivity index (χ2v) is 6.52. The Morgan fingerprint density at radius 3 is 2.90 bits per heavy atom. The molecule has 1 aliphatic heterocycles. The van der Waals surface area contributed by atoms with Gasteiger partial charge in [0.1, 0.15) is 0 Å². The van der Waals surface area contributed by atoms with E-state index in [1.54, 1.807) is 0 Å². The number of carbonyl (C=O) groups is 1. The molecule has 0 aromatic heterocycles. The summed E-state index contributed by atoms with van der Waals surface area (Å²) < 4.78 is 31.8. The van der Waals surface area contributed by atoms with Gasteiger partial charge in [0.25, 0.3) is 0 Å². The summed E-state index contributed by atoms with van der Waals surface area (Å²) in [6.45, 7) is 1.74. The minimum atomic E-state index is -3.66. The first-order valence-electron chi connectivity index (χ1n) is 6.40. The van der Waals surface area contributed by atoms with E-state index in [0.717, 1.165) is 25.5 Å². The number of rotatable bonds is 6. The van der Waals surface area contributed by atoms with Gasteiger partial charge < -0.3 is 9.84 Å². The summed E-state index contributed by atoms with van der Waals surface area (Å²) in [5, 5.41) is 8.87. The maximum atomic E-state index is 12.0. The van der Waals surface area contributed by atoms with Crippen molar-refractivity contribution in [3.8, 4) is 0 Å². The van der Waals surface area contributed by atoms with Gasteiger partial charge in [0.15, 0.2) is 0 Å². The number of carboxylic acids is 1. The molecule has 0 aliphatic carbocycles. The Balaban J connectivity index is 1.98. The van der Waals surface area contributed by atoms with Crippen LogP contribution < -0.4 is 4.72 Å². The quantitative estimate of drug-likeness (QED) is 0.820. The van der Waals surface area contributed by atoms with Crippen molar-refractivity contribution in [1.29, 1.82) is 0 Å². The highest BCUT2D eigenvalue weighted by Gasteiger charge is 2.19. The molecule has 0 spiro atoms. The number of aromatic carboxylic acids is 1. The van der Waals surface area contributed by atoms with E-state index in [4.69, 9.17) is 9.84 Å². The molecule has 6 nitrogen and oxygen atoms in total. The van der Waals surface area contributed by atoms with Crippen LogP contribution in [-0.2, 0) is 14.8 Å². The molecule has 0 radical (unpaired) electrons. The highest BCUT2D eigenvalue weighted by atomic mass is 32.2. The molecular weight excluding hydrogens is 282 g/mol. The Morgan fingerprint density at radius 1 is 1.45 bits per heavy atom. The second-order valence-electron chi connectivity index (χ2n) is 4.75. The van der Waals surface area contributed by atoms with Crippen molar-refractivity contribution >= 4 is 16.0 Å². The maximum absolute atomic E-state index is 12.0. The molecule has 0 bridgehead atoms. The smallest absolute Gasteiger partial charge is 0.335 e. The van der Waals surface area contributed by atoms with E-state index >= 15 is 0 Å². The van der Waals surface area contributed by atoms with Gasteiger partial charge in [-0.3, -0.25) is 0 Å². The highest BCUT2D eigenvalue weighted by Crippen LogP contribution is 2.16. The largest absolute Gasteiger partial charge is 0.478 e. The van der Waals surface area contributed by atoms with Crippen LogP contribution in [0.5, 0.6) is 0 Å². The van der Waals surface area contributed by atoms with E-state index in [1.165, 1.54) is 18.2 Å². The lowest BCUT2D eigenvalue weighted by Crippen LogP contribution is -2.26. The topological polar surface area (TPSA) is 92.7 Å². The number of hydrogen-bond acceptors (Lipinski definition) is 4. The number of ether oxygens (including phenoxy) is 1. The van der Waals surface area contributed by atoms with E-state index in [2.05, 4.69) is 4.72 Å². The fraction of sp³-hybridized carbons (Fsp3) is 0.462. The lowest BCUT2D eigenvalue weighted by atomic mass is 10.1. The van der Waals surface area contributed by atoms with Gasteiger partial charge in [0.05, 0.1) is 10.5 Å². The number of carboxylic acid groups (broad SMARTS) is 1. The predicted molar refractivity (Wildman–Crippen MR) is 72.1 cm³/mol. The molecule has 1 fully saturated rings. The van der Waals surface area contributed by atoms with Gasteiger partial charge in [-0.05, 0) is 37.0 Å². The van der Waals surface area contributed by atoms with E-state index in [0.29, 0.717) is 19.1 Å². The molecule has 0 amide bonds. The molecule has 1 saturated heterocycles. The fourth-order valence-corrected chi connectivity index (χ4v) is 3.18. The molecule has 2 rings (SSSR count). The first-order valence-corrected chi connectivity index (χ1v) is 7.88. The van der Waals surface area contributed by atoms with Gasteiger partial charge in [-0.1, -0.05) is 6.07 Å². The normalized spacial score (nSPS) is 19.1. The summed E-state index contributed by atoms with van der Waals surface area (Å²) in [6.07, 6.45) is 1.67. The van der Waals surface area contributed by atoms with Gasteiger partial charge in [-0.25, -0.2) is 17.9 Å². The summed E-state index contributed by atoms with van der Waals surface area (Å²) in [6, 6.07) is 5.32. The number of hydrogen-bond donors (Lipinski definition) is 2. The third-order valence-corrected chi connectivity index (χ3v) is 4.72. The average molecular weight is 299 g/mol. The Hall–Kier alpha value is -1.44. The summed E-state index contributed by atoms with van der Waals surface area (Å²) in [5.41, 5.74) is -0.0444. The first kappa shape index (κ1) is 15.0. The minimum absolute atomic E-state index is 0.0277. The average Bonchev–Trinajstić information content (AvgIpc) is 2.92. The molecule has 1 aromatic rings. The van der Waals surface area contributed by atoms with E-state index in [9.17, 15) is 13.2 Å². The molecular formula is C13H17NO5S. The minimum Gasteiger partial charge on any atom is -0.478 e. The molecule has 1 aliphatic rings. The van der Waals surface area contributed by atoms with Crippen molar-refractivity contribution in [2.24, 2.45) is 5.92 Å². The van der Waals surface area contributed by atoms with Crippen LogP contribution >= 0.6 is 0 Å². The summed E-state index contributed by atoms with van der Waals surface area (Å²) in [4.78, 5) is 10.8. The van der Waals surface area contributed by atoms with Crippen LogP contribution in [0.3, 0.4) is 0 Å². The molecule has 20 heavy (non-hydrogen) atoms. The summed E-state index contributed by atoms with van der Waals surface area (Å²) in [5.74, 6) is -0.756. The fourth-order valence-electron chi connectivity index (χ4n) is 2.09. The van der Waals surface area contributed by atoms with E-state index in [-0.39, 0.29) is 10.5 Å². The van der Waals surface area contributed by atoms with Crippen molar-refractivity contribution in [3.05, 3.63) is 29.8 Å². The zero-order valence-corrected chi connectivity index (χ0v) is 11.7. The summed E-state index contributed by atoms with van der Waals surface area (Å²) in [7, 11) is -3.66. The standard InChI is InChI=1S/C13H17NO5S/c15-13(16)11-2-1-3-12(8-11)20(17,18)14-6-4-10-5-7-19-9-10/h1-3,8,10,14H,4-7,9H2,(H,15,16). The number of nitrogens with one attached hydrogen (secondary N) is 1. The van der Waals surface area contributed by atoms with Crippen molar-refractivity contribution < 1.29 is 23.1 Å². The second kappa shape index (κ2) is 6.34. The van der Waals surface area contributed by atoms with Crippen molar-refractivity contribution in [1.82, 2.24) is 4.72 Å². The van der Waals surface area contributed by atoms with E-state index in [1.807, 2.05) is 0 Å². The molecule has 1 aromatic carbocycles. The van der Waals surface area contributed by atoms with Crippen LogP contribution in [0, 0.1) is 5.92 Å². The first-order chi connectivity index (χ1) is 9.49. The highest BCUT2D eigenvalue weighted by molar-refractivity contribution is 7.89. The Labute approximate surface area is 117 Å². The van der Waals surface area contributed by atoms with E-state index < -0.39 is 16.0 Å². The van der Waals surface area contributed by atoms with Crippen molar-refractivity contribution in [2.75, 3.05) is 19.8 Å². The zero-order valence-electron chi connectivity index (χ0n) is 10.9. The summed E-state index contributed by atoms with van der Waals surface area (Å²) >= 11 is 0. The van der Waals surface area contributed by atoms with Gasteiger partial charge in [-0.2, -0.15) is 0 Å². The molecule has 2 N–H and O–H groups in total. The Kier molecular flexibility index (Phi) is 4.74. The third kappa shape index (κ3) is 3.78. The lowest BCUT2D eigenvalue weighted by Gasteiger charge is -2.10. The van der Waals surface area contributed by atoms with Gasteiger partial charge in [0.2, 0.25) is 10.0 Å². The van der Waals surface area contributed by atoms with Crippen LogP contribution in [0.1, 0.15) is 23.2 Å².